The van der Waals surface area contributed by atoms with Gasteiger partial charge in [-0.2, -0.15) is 4.31 Å². The minimum Gasteiger partial charge on any atom is -0.395 e. The third-order valence-corrected chi connectivity index (χ3v) is 6.27. The van der Waals surface area contributed by atoms with Crippen LogP contribution < -0.4 is 0 Å². The van der Waals surface area contributed by atoms with Gasteiger partial charge in [-0.1, -0.05) is 22.0 Å². The van der Waals surface area contributed by atoms with Gasteiger partial charge in [0, 0.05) is 30.7 Å². The molecule has 0 spiro atoms. The topological polar surface area (TPSA) is 60.9 Å². The second-order valence-electron chi connectivity index (χ2n) is 5.23. The molecular formula is C14H21BrN2O3S. The molecule has 0 aliphatic carbocycles. The Labute approximate surface area is 134 Å². The fourth-order valence-electron chi connectivity index (χ4n) is 2.54. The summed E-state index contributed by atoms with van der Waals surface area (Å²) in [6.07, 6.45) is 0.784. The number of hydrogen-bond acceptors (Lipinski definition) is 4. The van der Waals surface area contributed by atoms with Gasteiger partial charge in [-0.25, -0.2) is 8.42 Å². The van der Waals surface area contributed by atoms with Crippen molar-refractivity contribution in [3.05, 3.63) is 28.2 Å². The molecule has 1 aliphatic rings. The molecular weight excluding hydrogens is 356 g/mol. The van der Waals surface area contributed by atoms with Crippen LogP contribution in [0, 0.1) is 6.92 Å². The third kappa shape index (κ3) is 4.04. The maximum absolute atomic E-state index is 12.8. The smallest absolute Gasteiger partial charge is 0.243 e. The number of hydrogen-bond donors (Lipinski definition) is 1. The summed E-state index contributed by atoms with van der Waals surface area (Å²) in [7, 11) is -3.46. The Kier molecular flexibility index (Phi) is 5.79. The Morgan fingerprint density at radius 1 is 1.24 bits per heavy atom. The molecule has 0 bridgehead atoms. The van der Waals surface area contributed by atoms with Gasteiger partial charge in [0.1, 0.15) is 0 Å². The van der Waals surface area contributed by atoms with E-state index in [9.17, 15) is 8.42 Å². The van der Waals surface area contributed by atoms with Gasteiger partial charge >= 0.3 is 0 Å². The molecule has 1 heterocycles. The predicted molar refractivity (Wildman–Crippen MR) is 85.8 cm³/mol. The lowest BCUT2D eigenvalue weighted by atomic mass is 10.2. The normalized spacial score (nSPS) is 18.6. The highest BCUT2D eigenvalue weighted by Crippen LogP contribution is 2.24. The quantitative estimate of drug-likeness (QED) is 0.863. The molecule has 0 unspecified atom stereocenters. The van der Waals surface area contributed by atoms with E-state index in [0.29, 0.717) is 31.1 Å². The van der Waals surface area contributed by atoms with Crippen LogP contribution in [0.2, 0.25) is 0 Å². The summed E-state index contributed by atoms with van der Waals surface area (Å²) in [6, 6.07) is 5.33. The maximum Gasteiger partial charge on any atom is 0.243 e. The van der Waals surface area contributed by atoms with Crippen LogP contribution in [-0.2, 0) is 10.0 Å². The second kappa shape index (κ2) is 7.19. The van der Waals surface area contributed by atoms with Crippen LogP contribution in [0.25, 0.3) is 0 Å². The van der Waals surface area contributed by atoms with E-state index in [-0.39, 0.29) is 6.61 Å². The fourth-order valence-corrected chi connectivity index (χ4v) is 4.78. The molecule has 2 rings (SSSR count). The van der Waals surface area contributed by atoms with Crippen molar-refractivity contribution in [3.63, 3.8) is 0 Å². The van der Waals surface area contributed by atoms with Gasteiger partial charge in [0.15, 0.2) is 0 Å². The van der Waals surface area contributed by atoms with Crippen LogP contribution in [0.1, 0.15) is 12.0 Å². The number of aliphatic hydroxyl groups excluding tert-OH is 1. The average Bonchev–Trinajstić information content (AvgIpc) is 2.68. The molecule has 0 saturated carbocycles. The van der Waals surface area contributed by atoms with Crippen molar-refractivity contribution in [2.75, 3.05) is 39.3 Å². The molecule has 1 fully saturated rings. The maximum atomic E-state index is 12.8. The number of rotatable bonds is 4. The summed E-state index contributed by atoms with van der Waals surface area (Å²) in [5.74, 6) is 0. The molecule has 118 valence electrons. The van der Waals surface area contributed by atoms with Gasteiger partial charge in [-0.15, -0.1) is 0 Å². The van der Waals surface area contributed by atoms with Crippen LogP contribution in [0.4, 0.5) is 0 Å². The number of sulfonamides is 1. The number of benzene rings is 1. The molecule has 1 N–H and O–H groups in total. The Hall–Kier alpha value is -0.470. The fraction of sp³-hybridized carbons (Fsp3) is 0.571. The average molecular weight is 377 g/mol. The Bertz CT molecular complexity index is 592. The molecule has 1 saturated heterocycles. The lowest BCUT2D eigenvalue weighted by Crippen LogP contribution is -2.36. The highest BCUT2D eigenvalue weighted by molar-refractivity contribution is 9.10. The lowest BCUT2D eigenvalue weighted by molar-refractivity contribution is 0.202. The van der Waals surface area contributed by atoms with Crippen molar-refractivity contribution in [3.8, 4) is 0 Å². The third-order valence-electron chi connectivity index (χ3n) is 3.73. The summed E-state index contributed by atoms with van der Waals surface area (Å²) in [6.45, 7) is 5.00. The van der Waals surface area contributed by atoms with Crippen LogP contribution >= 0.6 is 15.9 Å². The zero-order chi connectivity index (χ0) is 15.5. The molecule has 5 nitrogen and oxygen atoms in total. The standard InChI is InChI=1S/C14H21BrN2O3S/c1-12-3-4-13(15)11-14(12)21(19,20)17-6-2-5-16(7-8-17)9-10-18/h3-4,11,18H,2,5-10H2,1H3. The van der Waals surface area contributed by atoms with Crippen LogP contribution in [0.3, 0.4) is 0 Å². The number of aliphatic hydroxyl groups is 1. The van der Waals surface area contributed by atoms with Crippen molar-refractivity contribution in [1.29, 1.82) is 0 Å². The highest BCUT2D eigenvalue weighted by atomic mass is 79.9. The molecule has 0 amide bonds. The van der Waals surface area contributed by atoms with E-state index in [1.54, 1.807) is 10.4 Å². The number of halogens is 1. The summed E-state index contributed by atoms with van der Waals surface area (Å²) < 4.78 is 28.0. The molecule has 1 aliphatic heterocycles. The van der Waals surface area contributed by atoms with E-state index in [1.165, 1.54) is 0 Å². The minimum absolute atomic E-state index is 0.109. The molecule has 21 heavy (non-hydrogen) atoms. The summed E-state index contributed by atoms with van der Waals surface area (Å²) in [5, 5.41) is 9.00. The van der Waals surface area contributed by atoms with Crippen molar-refractivity contribution in [1.82, 2.24) is 9.21 Å². The first kappa shape index (κ1) is 16.9. The Morgan fingerprint density at radius 3 is 2.71 bits per heavy atom. The number of β-amino-alcohol motifs (C(OH)–C–C–N with tert-alkyl or cyclic N) is 1. The van der Waals surface area contributed by atoms with E-state index in [4.69, 9.17) is 5.11 Å². The molecule has 1 aromatic rings. The van der Waals surface area contributed by atoms with Crippen molar-refractivity contribution in [2.45, 2.75) is 18.2 Å². The van der Waals surface area contributed by atoms with E-state index in [2.05, 4.69) is 20.8 Å². The summed E-state index contributed by atoms with van der Waals surface area (Å²) in [4.78, 5) is 2.47. The first-order chi connectivity index (χ1) is 9.95. The van der Waals surface area contributed by atoms with E-state index in [1.807, 2.05) is 19.1 Å². The first-order valence-corrected chi connectivity index (χ1v) is 9.28. The van der Waals surface area contributed by atoms with Crippen molar-refractivity contribution >= 4 is 26.0 Å². The number of aryl methyl sites for hydroxylation is 1. The minimum atomic E-state index is -3.46. The van der Waals surface area contributed by atoms with Crippen LogP contribution in [0.5, 0.6) is 0 Å². The molecule has 7 heteroatoms. The van der Waals surface area contributed by atoms with Crippen LogP contribution in [0.15, 0.2) is 27.6 Å². The summed E-state index contributed by atoms with van der Waals surface area (Å²) >= 11 is 3.34. The zero-order valence-electron chi connectivity index (χ0n) is 12.1. The monoisotopic (exact) mass is 376 g/mol. The Morgan fingerprint density at radius 2 is 2.00 bits per heavy atom. The van der Waals surface area contributed by atoms with E-state index < -0.39 is 10.0 Å². The highest BCUT2D eigenvalue weighted by Gasteiger charge is 2.28. The molecule has 0 radical (unpaired) electrons. The van der Waals surface area contributed by atoms with Gasteiger partial charge in [0.05, 0.1) is 11.5 Å². The van der Waals surface area contributed by atoms with E-state index >= 15 is 0 Å². The van der Waals surface area contributed by atoms with Gasteiger partial charge in [-0.3, -0.25) is 4.90 Å². The van der Waals surface area contributed by atoms with Crippen LogP contribution in [-0.4, -0.2) is 62.1 Å². The predicted octanol–water partition coefficient (Wildman–Crippen LogP) is 1.45. The summed E-state index contributed by atoms with van der Waals surface area (Å²) in [5.41, 5.74) is 0.759. The molecule has 0 atom stereocenters. The van der Waals surface area contributed by atoms with Gasteiger partial charge < -0.3 is 5.11 Å². The van der Waals surface area contributed by atoms with E-state index in [0.717, 1.165) is 23.0 Å². The largest absolute Gasteiger partial charge is 0.395 e. The SMILES string of the molecule is Cc1ccc(Br)cc1S(=O)(=O)N1CCCN(CCO)CC1. The second-order valence-corrected chi connectivity index (χ2v) is 8.05. The van der Waals surface area contributed by atoms with Gasteiger partial charge in [-0.05, 0) is 37.6 Å². The lowest BCUT2D eigenvalue weighted by Gasteiger charge is -2.22. The van der Waals surface area contributed by atoms with Crippen molar-refractivity contribution < 1.29 is 13.5 Å². The van der Waals surface area contributed by atoms with Gasteiger partial charge in [0.2, 0.25) is 10.0 Å². The molecule has 1 aromatic carbocycles. The molecule has 0 aromatic heterocycles. The first-order valence-electron chi connectivity index (χ1n) is 7.04. The van der Waals surface area contributed by atoms with Crippen molar-refractivity contribution in [2.24, 2.45) is 0 Å². The van der Waals surface area contributed by atoms with Gasteiger partial charge in [0.25, 0.3) is 0 Å². The Balaban J connectivity index is 2.21. The number of nitrogens with zero attached hydrogens (tertiary/aromatic N) is 2. The zero-order valence-corrected chi connectivity index (χ0v) is 14.5.